The number of methoxy groups -OCH3 is 2. The zero-order chi connectivity index (χ0) is 14.4. The minimum atomic E-state index is -0.644. The number of rotatable bonds is 4. The summed E-state index contributed by atoms with van der Waals surface area (Å²) in [6.07, 6.45) is -0.371. The molecule has 1 aromatic rings. The van der Waals surface area contributed by atoms with Crippen molar-refractivity contribution in [1.82, 2.24) is 0 Å². The van der Waals surface area contributed by atoms with E-state index in [0.717, 1.165) is 0 Å². The van der Waals surface area contributed by atoms with Crippen molar-refractivity contribution in [2.45, 2.75) is 6.42 Å². The number of carbonyl (C=O) groups is 2. The summed E-state index contributed by atoms with van der Waals surface area (Å²) >= 11 is 0. The topological polar surface area (TPSA) is 109 Å². The third kappa shape index (κ3) is 3.35. The van der Waals surface area contributed by atoms with E-state index in [4.69, 9.17) is 10.00 Å². The maximum atomic E-state index is 11.4. The molecule has 0 atom stereocenters. The molecule has 0 heterocycles. The molecule has 0 saturated heterocycles. The lowest BCUT2D eigenvalue weighted by Gasteiger charge is -2.11. The van der Waals surface area contributed by atoms with Gasteiger partial charge in [0.05, 0.1) is 31.5 Å². The van der Waals surface area contributed by atoms with Crippen molar-refractivity contribution < 1.29 is 24.2 Å². The van der Waals surface area contributed by atoms with Crippen molar-refractivity contribution in [3.05, 3.63) is 17.7 Å². The summed E-state index contributed by atoms with van der Waals surface area (Å²) in [7, 11) is 2.51. The third-order valence-electron chi connectivity index (χ3n) is 2.23. The van der Waals surface area contributed by atoms with Crippen molar-refractivity contribution in [2.24, 2.45) is 0 Å². The highest BCUT2D eigenvalue weighted by Gasteiger charge is 2.16. The number of anilines is 1. The van der Waals surface area contributed by atoms with Crippen LogP contribution < -0.4 is 10.1 Å². The van der Waals surface area contributed by atoms with Gasteiger partial charge in [0.15, 0.2) is 11.5 Å². The predicted molar refractivity (Wildman–Crippen MR) is 64.9 cm³/mol. The number of ether oxygens (including phenoxy) is 2. The first kappa shape index (κ1) is 14.3. The lowest BCUT2D eigenvalue weighted by atomic mass is 10.1. The number of phenols is 1. The van der Waals surface area contributed by atoms with Crippen LogP contribution in [0.2, 0.25) is 0 Å². The standard InChI is InChI=1S/C12H12N2O5/c1-18-9-6-7(12(17)19-2)5-8(11(9)16)14-10(15)3-4-13/h5-6,16H,3H2,1-2H3,(H,14,15). The van der Waals surface area contributed by atoms with E-state index in [1.807, 2.05) is 0 Å². The molecule has 19 heavy (non-hydrogen) atoms. The van der Waals surface area contributed by atoms with E-state index in [2.05, 4.69) is 10.1 Å². The molecule has 0 aliphatic carbocycles. The summed E-state index contributed by atoms with van der Waals surface area (Å²) in [5, 5.41) is 20.5. The number of nitriles is 1. The Bertz CT molecular complexity index is 548. The van der Waals surface area contributed by atoms with Crippen LogP contribution in [0, 0.1) is 11.3 Å². The third-order valence-corrected chi connectivity index (χ3v) is 2.23. The average molecular weight is 264 g/mol. The van der Waals surface area contributed by atoms with Crippen molar-refractivity contribution in [3.63, 3.8) is 0 Å². The minimum Gasteiger partial charge on any atom is -0.503 e. The van der Waals surface area contributed by atoms with Gasteiger partial charge in [0.25, 0.3) is 0 Å². The second kappa shape index (κ2) is 6.26. The second-order valence-electron chi connectivity index (χ2n) is 3.45. The van der Waals surface area contributed by atoms with E-state index in [0.29, 0.717) is 0 Å². The maximum Gasteiger partial charge on any atom is 0.338 e. The number of hydrogen-bond donors (Lipinski definition) is 2. The lowest BCUT2D eigenvalue weighted by Crippen LogP contribution is -2.12. The molecule has 0 radical (unpaired) electrons. The van der Waals surface area contributed by atoms with Crippen LogP contribution in [-0.2, 0) is 9.53 Å². The van der Waals surface area contributed by atoms with Gasteiger partial charge in [-0.2, -0.15) is 5.26 Å². The van der Waals surface area contributed by atoms with E-state index < -0.39 is 11.9 Å². The highest BCUT2D eigenvalue weighted by Crippen LogP contribution is 2.35. The van der Waals surface area contributed by atoms with E-state index in [1.165, 1.54) is 26.4 Å². The summed E-state index contributed by atoms with van der Waals surface area (Å²) in [6.45, 7) is 0. The van der Waals surface area contributed by atoms with Gasteiger partial charge in [0, 0.05) is 0 Å². The summed E-state index contributed by atoms with van der Waals surface area (Å²) in [6, 6.07) is 4.18. The van der Waals surface area contributed by atoms with Crippen LogP contribution in [0.5, 0.6) is 11.5 Å². The molecule has 7 nitrogen and oxygen atoms in total. The van der Waals surface area contributed by atoms with E-state index in [-0.39, 0.29) is 29.2 Å². The zero-order valence-electron chi connectivity index (χ0n) is 10.4. The fourth-order valence-corrected chi connectivity index (χ4v) is 1.36. The van der Waals surface area contributed by atoms with E-state index >= 15 is 0 Å². The number of esters is 1. The molecule has 0 bridgehead atoms. The van der Waals surface area contributed by atoms with Crippen LogP contribution in [0.4, 0.5) is 5.69 Å². The smallest absolute Gasteiger partial charge is 0.338 e. The highest BCUT2D eigenvalue weighted by molar-refractivity contribution is 5.97. The van der Waals surface area contributed by atoms with Crippen molar-refractivity contribution >= 4 is 17.6 Å². The molecule has 0 saturated carbocycles. The Hall–Kier alpha value is -2.75. The fraction of sp³-hybridized carbons (Fsp3) is 0.250. The molecular weight excluding hydrogens is 252 g/mol. The quantitative estimate of drug-likeness (QED) is 0.621. The van der Waals surface area contributed by atoms with Gasteiger partial charge in [-0.1, -0.05) is 0 Å². The predicted octanol–water partition coefficient (Wildman–Crippen LogP) is 1.04. The van der Waals surface area contributed by atoms with Crippen molar-refractivity contribution in [2.75, 3.05) is 19.5 Å². The summed E-state index contributed by atoms with van der Waals surface area (Å²) in [4.78, 5) is 22.7. The maximum absolute atomic E-state index is 11.4. The number of carbonyl (C=O) groups excluding carboxylic acids is 2. The average Bonchev–Trinajstić information content (AvgIpc) is 2.40. The molecule has 1 rings (SSSR count). The number of benzene rings is 1. The number of phenolic OH excluding ortho intramolecular Hbond substituents is 1. The molecule has 0 aliphatic heterocycles. The van der Waals surface area contributed by atoms with E-state index in [1.54, 1.807) is 6.07 Å². The Labute approximate surface area is 109 Å². The SMILES string of the molecule is COC(=O)c1cc(NC(=O)CC#N)c(O)c(OC)c1. The molecule has 0 aromatic heterocycles. The number of hydrogen-bond acceptors (Lipinski definition) is 6. The van der Waals surface area contributed by atoms with Gasteiger partial charge in [-0.15, -0.1) is 0 Å². The Morgan fingerprint density at radius 1 is 1.42 bits per heavy atom. The first-order valence-electron chi connectivity index (χ1n) is 5.19. The Balaban J connectivity index is 3.18. The second-order valence-corrected chi connectivity index (χ2v) is 3.45. The molecule has 1 amide bonds. The van der Waals surface area contributed by atoms with Gasteiger partial charge in [0.1, 0.15) is 6.42 Å². The summed E-state index contributed by atoms with van der Waals surface area (Å²) in [5.74, 6) is -1.58. The number of amides is 1. The van der Waals surface area contributed by atoms with Crippen LogP contribution in [0.25, 0.3) is 0 Å². The van der Waals surface area contributed by atoms with Crippen molar-refractivity contribution in [3.8, 4) is 17.6 Å². The van der Waals surface area contributed by atoms with Gasteiger partial charge in [-0.25, -0.2) is 4.79 Å². The first-order chi connectivity index (χ1) is 9.03. The lowest BCUT2D eigenvalue weighted by molar-refractivity contribution is -0.115. The number of nitrogens with zero attached hydrogens (tertiary/aromatic N) is 1. The minimum absolute atomic E-state index is 0.00941. The number of aromatic hydroxyl groups is 1. The largest absolute Gasteiger partial charge is 0.503 e. The Morgan fingerprint density at radius 2 is 2.11 bits per heavy atom. The Morgan fingerprint density at radius 3 is 2.63 bits per heavy atom. The van der Waals surface area contributed by atoms with E-state index in [9.17, 15) is 14.7 Å². The highest BCUT2D eigenvalue weighted by atomic mass is 16.5. The zero-order valence-corrected chi connectivity index (χ0v) is 10.4. The first-order valence-corrected chi connectivity index (χ1v) is 5.19. The molecular formula is C12H12N2O5. The van der Waals surface area contributed by atoms with Gasteiger partial charge >= 0.3 is 5.97 Å². The normalized spacial score (nSPS) is 9.32. The summed E-state index contributed by atoms with van der Waals surface area (Å²) < 4.78 is 9.43. The fourth-order valence-electron chi connectivity index (χ4n) is 1.36. The molecule has 0 spiro atoms. The molecule has 1 aromatic carbocycles. The van der Waals surface area contributed by atoms with Crippen LogP contribution in [-0.4, -0.2) is 31.2 Å². The van der Waals surface area contributed by atoms with Crippen molar-refractivity contribution in [1.29, 1.82) is 5.26 Å². The van der Waals surface area contributed by atoms with Gasteiger partial charge in [-0.05, 0) is 12.1 Å². The molecule has 0 fully saturated rings. The van der Waals surface area contributed by atoms with Crippen LogP contribution in [0.15, 0.2) is 12.1 Å². The molecule has 100 valence electrons. The molecule has 0 unspecified atom stereocenters. The monoisotopic (exact) mass is 264 g/mol. The molecule has 7 heteroatoms. The van der Waals surface area contributed by atoms with Crippen LogP contribution in [0.1, 0.15) is 16.8 Å². The molecule has 0 aliphatic rings. The summed E-state index contributed by atoms with van der Waals surface area (Å²) in [5.41, 5.74) is 0.0735. The van der Waals surface area contributed by atoms with Crippen LogP contribution >= 0.6 is 0 Å². The van der Waals surface area contributed by atoms with Gasteiger partial charge in [-0.3, -0.25) is 4.79 Å². The Kier molecular flexibility index (Phi) is 4.71. The van der Waals surface area contributed by atoms with Gasteiger partial charge < -0.3 is 19.9 Å². The van der Waals surface area contributed by atoms with Crippen LogP contribution in [0.3, 0.4) is 0 Å². The van der Waals surface area contributed by atoms with Gasteiger partial charge in [0.2, 0.25) is 5.91 Å². The molecule has 2 N–H and O–H groups in total. The number of nitrogens with one attached hydrogen (secondary N) is 1.